The normalized spacial score (nSPS) is 10.2. The van der Waals surface area contributed by atoms with Gasteiger partial charge in [-0.25, -0.2) is 4.79 Å². The quantitative estimate of drug-likeness (QED) is 0.932. The highest BCUT2D eigenvalue weighted by molar-refractivity contribution is 6.33. The zero-order valence-corrected chi connectivity index (χ0v) is 11.0. The van der Waals surface area contributed by atoms with Crippen LogP contribution in [0.25, 0.3) is 11.5 Å². The van der Waals surface area contributed by atoms with E-state index >= 15 is 0 Å². The molecule has 0 aliphatic heterocycles. The van der Waals surface area contributed by atoms with E-state index in [2.05, 4.69) is 15.5 Å². The molecule has 0 aliphatic carbocycles. The second-order valence-electron chi connectivity index (χ2n) is 3.55. The smallest absolute Gasteiger partial charge is 0.407 e. The lowest BCUT2D eigenvalue weighted by Gasteiger charge is -2.01. The summed E-state index contributed by atoms with van der Waals surface area (Å²) in [5.74, 6) is 0.592. The van der Waals surface area contributed by atoms with Crippen LogP contribution >= 0.6 is 11.6 Å². The van der Waals surface area contributed by atoms with Crippen LogP contribution in [0.2, 0.25) is 5.02 Å². The fourth-order valence-electron chi connectivity index (χ4n) is 1.40. The standard InChI is InChI=1S/C12H12ClN3O3/c1-2-18-12(17)14-7-10-15-16-11(19-10)8-5-3-4-6-9(8)13/h3-6H,2,7H2,1H3,(H,14,17). The van der Waals surface area contributed by atoms with Gasteiger partial charge in [-0.3, -0.25) is 0 Å². The van der Waals surface area contributed by atoms with E-state index in [0.717, 1.165) is 0 Å². The summed E-state index contributed by atoms with van der Waals surface area (Å²) in [7, 11) is 0. The average Bonchev–Trinajstić information content (AvgIpc) is 2.86. The van der Waals surface area contributed by atoms with Crippen LogP contribution in [0.4, 0.5) is 4.79 Å². The minimum Gasteiger partial charge on any atom is -0.450 e. The molecule has 0 saturated carbocycles. The van der Waals surface area contributed by atoms with Crippen molar-refractivity contribution in [3.8, 4) is 11.5 Å². The van der Waals surface area contributed by atoms with Crippen molar-refractivity contribution in [3.05, 3.63) is 35.2 Å². The molecule has 1 aromatic carbocycles. The lowest BCUT2D eigenvalue weighted by molar-refractivity contribution is 0.150. The Balaban J connectivity index is 2.04. The summed E-state index contributed by atoms with van der Waals surface area (Å²) in [6, 6.07) is 7.14. The topological polar surface area (TPSA) is 77.2 Å². The maximum Gasteiger partial charge on any atom is 0.407 e. The lowest BCUT2D eigenvalue weighted by atomic mass is 10.2. The summed E-state index contributed by atoms with van der Waals surface area (Å²) in [5.41, 5.74) is 0.652. The van der Waals surface area contributed by atoms with Crippen molar-refractivity contribution in [1.29, 1.82) is 0 Å². The first-order valence-electron chi connectivity index (χ1n) is 5.68. The molecular formula is C12H12ClN3O3. The van der Waals surface area contributed by atoms with E-state index < -0.39 is 6.09 Å². The molecule has 0 fully saturated rings. The number of aromatic nitrogens is 2. The number of ether oxygens (including phenoxy) is 1. The average molecular weight is 282 g/mol. The lowest BCUT2D eigenvalue weighted by Crippen LogP contribution is -2.23. The van der Waals surface area contributed by atoms with Gasteiger partial charge in [0.1, 0.15) is 0 Å². The summed E-state index contributed by atoms with van der Waals surface area (Å²) >= 11 is 6.02. The van der Waals surface area contributed by atoms with Crippen molar-refractivity contribution in [2.24, 2.45) is 0 Å². The third-order valence-electron chi connectivity index (χ3n) is 2.23. The number of carbonyl (C=O) groups excluding carboxylic acids is 1. The van der Waals surface area contributed by atoms with Gasteiger partial charge in [0.15, 0.2) is 0 Å². The fourth-order valence-corrected chi connectivity index (χ4v) is 1.62. The van der Waals surface area contributed by atoms with Crippen LogP contribution in [0.3, 0.4) is 0 Å². The molecule has 2 rings (SSSR count). The van der Waals surface area contributed by atoms with Gasteiger partial charge in [-0.1, -0.05) is 23.7 Å². The molecule has 0 bridgehead atoms. The Hall–Kier alpha value is -2.08. The number of hydrogen-bond donors (Lipinski definition) is 1. The van der Waals surface area contributed by atoms with Crippen LogP contribution in [-0.2, 0) is 11.3 Å². The highest BCUT2D eigenvalue weighted by Gasteiger charge is 2.12. The Morgan fingerprint density at radius 2 is 2.21 bits per heavy atom. The highest BCUT2D eigenvalue weighted by Crippen LogP contribution is 2.25. The second-order valence-corrected chi connectivity index (χ2v) is 3.96. The highest BCUT2D eigenvalue weighted by atomic mass is 35.5. The summed E-state index contributed by atoms with van der Waals surface area (Å²) in [5, 5.41) is 10.7. The fraction of sp³-hybridized carbons (Fsp3) is 0.250. The van der Waals surface area contributed by atoms with Gasteiger partial charge in [-0.2, -0.15) is 0 Å². The minimum absolute atomic E-state index is 0.107. The van der Waals surface area contributed by atoms with E-state index in [1.165, 1.54) is 0 Å². The van der Waals surface area contributed by atoms with E-state index in [4.69, 9.17) is 20.8 Å². The van der Waals surface area contributed by atoms with Crippen LogP contribution in [0.15, 0.2) is 28.7 Å². The Bertz CT molecular complexity index is 571. The number of nitrogens with zero attached hydrogens (tertiary/aromatic N) is 2. The van der Waals surface area contributed by atoms with E-state index in [1.807, 2.05) is 12.1 Å². The van der Waals surface area contributed by atoms with E-state index in [9.17, 15) is 4.79 Å². The maximum atomic E-state index is 11.1. The van der Waals surface area contributed by atoms with Gasteiger partial charge < -0.3 is 14.5 Å². The molecule has 0 aliphatic rings. The van der Waals surface area contributed by atoms with Gasteiger partial charge >= 0.3 is 6.09 Å². The van der Waals surface area contributed by atoms with Gasteiger partial charge in [0, 0.05) is 0 Å². The van der Waals surface area contributed by atoms with Crippen LogP contribution in [-0.4, -0.2) is 22.9 Å². The molecule has 0 atom stereocenters. The number of halogens is 1. The molecule has 1 heterocycles. The van der Waals surface area contributed by atoms with Crippen LogP contribution < -0.4 is 5.32 Å². The molecule has 2 aromatic rings. The summed E-state index contributed by atoms with van der Waals surface area (Å²) < 4.78 is 10.1. The zero-order valence-electron chi connectivity index (χ0n) is 10.2. The monoisotopic (exact) mass is 281 g/mol. The third kappa shape index (κ3) is 3.45. The summed E-state index contributed by atoms with van der Waals surface area (Å²) in [6.45, 7) is 2.14. The molecule has 100 valence electrons. The molecular weight excluding hydrogens is 270 g/mol. The van der Waals surface area contributed by atoms with Gasteiger partial charge in [0.05, 0.1) is 23.7 Å². The SMILES string of the molecule is CCOC(=O)NCc1nnc(-c2ccccc2Cl)o1. The number of alkyl carbamates (subject to hydrolysis) is 1. The number of benzene rings is 1. The van der Waals surface area contributed by atoms with E-state index in [0.29, 0.717) is 23.1 Å². The summed E-state index contributed by atoms with van der Waals surface area (Å²) in [6.07, 6.45) is -0.528. The largest absolute Gasteiger partial charge is 0.450 e. The first-order chi connectivity index (χ1) is 9.20. The number of hydrogen-bond acceptors (Lipinski definition) is 5. The molecule has 0 saturated heterocycles. The first-order valence-corrected chi connectivity index (χ1v) is 6.06. The molecule has 1 aromatic heterocycles. The number of nitrogens with one attached hydrogen (secondary N) is 1. The first kappa shape index (κ1) is 13.4. The van der Waals surface area contributed by atoms with Gasteiger partial charge in [0.25, 0.3) is 0 Å². The predicted octanol–water partition coefficient (Wildman–Crippen LogP) is 2.64. The van der Waals surface area contributed by atoms with Gasteiger partial charge in [-0.15, -0.1) is 10.2 Å². The van der Waals surface area contributed by atoms with Crippen LogP contribution in [0, 0.1) is 0 Å². The third-order valence-corrected chi connectivity index (χ3v) is 2.56. The Labute approximate surface area is 114 Å². The van der Waals surface area contributed by atoms with Crippen molar-refractivity contribution in [3.63, 3.8) is 0 Å². The molecule has 1 amide bonds. The Morgan fingerprint density at radius 1 is 1.42 bits per heavy atom. The van der Waals surface area contributed by atoms with Crippen LogP contribution in [0.5, 0.6) is 0 Å². The molecule has 7 heteroatoms. The number of carbonyl (C=O) groups is 1. The van der Waals surface area contributed by atoms with Crippen LogP contribution in [0.1, 0.15) is 12.8 Å². The number of amides is 1. The molecule has 0 radical (unpaired) electrons. The second kappa shape index (κ2) is 6.19. The van der Waals surface area contributed by atoms with E-state index in [1.54, 1.807) is 19.1 Å². The van der Waals surface area contributed by atoms with Gasteiger partial charge in [-0.05, 0) is 19.1 Å². The Kier molecular flexibility index (Phi) is 4.35. The molecule has 0 unspecified atom stereocenters. The molecule has 1 N–H and O–H groups in total. The summed E-state index contributed by atoms with van der Waals surface area (Å²) in [4.78, 5) is 11.1. The molecule has 19 heavy (non-hydrogen) atoms. The van der Waals surface area contributed by atoms with Crippen molar-refractivity contribution in [2.45, 2.75) is 13.5 Å². The zero-order chi connectivity index (χ0) is 13.7. The maximum absolute atomic E-state index is 11.1. The predicted molar refractivity (Wildman–Crippen MR) is 68.6 cm³/mol. The van der Waals surface area contributed by atoms with Crippen molar-refractivity contribution in [2.75, 3.05) is 6.61 Å². The number of rotatable bonds is 4. The minimum atomic E-state index is -0.528. The van der Waals surface area contributed by atoms with Crippen molar-refractivity contribution >= 4 is 17.7 Å². The molecule has 0 spiro atoms. The van der Waals surface area contributed by atoms with Gasteiger partial charge in [0.2, 0.25) is 11.8 Å². The van der Waals surface area contributed by atoms with Crippen molar-refractivity contribution in [1.82, 2.24) is 15.5 Å². The van der Waals surface area contributed by atoms with Crippen molar-refractivity contribution < 1.29 is 13.9 Å². The van der Waals surface area contributed by atoms with E-state index in [-0.39, 0.29) is 12.4 Å². The molecule has 6 nitrogen and oxygen atoms in total. The Morgan fingerprint density at radius 3 is 2.95 bits per heavy atom.